The quantitative estimate of drug-likeness (QED) is 0.185. The summed E-state index contributed by atoms with van der Waals surface area (Å²) in [5.74, 6) is 0. The van der Waals surface area contributed by atoms with Crippen molar-refractivity contribution in [2.24, 2.45) is 0 Å². The van der Waals surface area contributed by atoms with Gasteiger partial charge in [0.15, 0.2) is 0 Å². The van der Waals surface area contributed by atoms with Gasteiger partial charge in [-0.15, -0.1) is 12.4 Å². The van der Waals surface area contributed by atoms with E-state index < -0.39 is 5.24 Å². The molecule has 0 spiro atoms. The molecule has 0 radical (unpaired) electrons. The van der Waals surface area contributed by atoms with Gasteiger partial charge in [0.1, 0.15) is 0 Å². The molecule has 0 saturated heterocycles. The first kappa shape index (κ1) is 25.0. The maximum Gasteiger partial charge on any atom is 0.252 e. The van der Waals surface area contributed by atoms with Gasteiger partial charge >= 0.3 is 0 Å². The zero-order valence-electron chi connectivity index (χ0n) is 16.1. The highest BCUT2D eigenvalue weighted by Crippen LogP contribution is 2.13. The van der Waals surface area contributed by atoms with Crippen molar-refractivity contribution in [2.75, 3.05) is 11.9 Å². The van der Waals surface area contributed by atoms with E-state index >= 15 is 0 Å². The number of unbranched alkanes of at least 4 members (excludes halogenated alkanes) is 9. The van der Waals surface area contributed by atoms with Crippen LogP contribution in [0.25, 0.3) is 0 Å². The zero-order chi connectivity index (χ0) is 18.2. The standard InChI is InChI=1S/C22H34ClNO.ClH/c1-2-3-4-5-6-7-8-9-10-11-12-13-14-18-24-21-17-15-16-20(19-21)22(23)25;/h11-12,15-17,19,24H,2-10,13-14,18H2,1H3;1H/b12-11+;. The third-order valence-corrected chi connectivity index (χ3v) is 4.58. The normalized spacial score (nSPS) is 10.7. The molecule has 1 aromatic carbocycles. The Hall–Kier alpha value is -0.990. The van der Waals surface area contributed by atoms with Crippen molar-refractivity contribution in [3.8, 4) is 0 Å². The number of carbonyl (C=O) groups excluding carboxylic acids is 1. The van der Waals surface area contributed by atoms with Crippen LogP contribution in [0.3, 0.4) is 0 Å². The van der Waals surface area contributed by atoms with E-state index in [1.165, 1.54) is 57.8 Å². The molecule has 1 rings (SSSR count). The van der Waals surface area contributed by atoms with Crippen LogP contribution in [-0.4, -0.2) is 11.8 Å². The van der Waals surface area contributed by atoms with Gasteiger partial charge in [-0.25, -0.2) is 0 Å². The lowest BCUT2D eigenvalue weighted by Crippen LogP contribution is -2.01. The molecule has 0 atom stereocenters. The molecule has 0 fully saturated rings. The van der Waals surface area contributed by atoms with Crippen molar-refractivity contribution in [1.82, 2.24) is 0 Å². The van der Waals surface area contributed by atoms with E-state index in [1.807, 2.05) is 12.1 Å². The maximum absolute atomic E-state index is 11.1. The highest BCUT2D eigenvalue weighted by Gasteiger charge is 2.01. The van der Waals surface area contributed by atoms with E-state index in [1.54, 1.807) is 12.1 Å². The van der Waals surface area contributed by atoms with Gasteiger partial charge in [-0.05, 0) is 55.5 Å². The molecule has 0 amide bonds. The summed E-state index contributed by atoms with van der Waals surface area (Å²) in [7, 11) is 0. The highest BCUT2D eigenvalue weighted by molar-refractivity contribution is 6.67. The minimum Gasteiger partial charge on any atom is -0.385 e. The molecule has 0 saturated carbocycles. The van der Waals surface area contributed by atoms with E-state index in [-0.39, 0.29) is 12.4 Å². The summed E-state index contributed by atoms with van der Waals surface area (Å²) in [5.41, 5.74) is 1.49. The summed E-state index contributed by atoms with van der Waals surface area (Å²) in [5, 5.41) is 2.93. The second-order valence-corrected chi connectivity index (χ2v) is 7.00. The summed E-state index contributed by atoms with van der Waals surface area (Å²) in [4.78, 5) is 11.1. The highest BCUT2D eigenvalue weighted by atomic mass is 35.5. The first-order valence-corrected chi connectivity index (χ1v) is 10.3. The number of rotatable bonds is 15. The third-order valence-electron chi connectivity index (χ3n) is 4.36. The number of halogens is 2. The van der Waals surface area contributed by atoms with E-state index in [9.17, 15) is 4.79 Å². The van der Waals surface area contributed by atoms with Crippen LogP contribution in [0.4, 0.5) is 5.69 Å². The average molecular weight is 400 g/mol. The van der Waals surface area contributed by atoms with E-state index in [4.69, 9.17) is 11.6 Å². The first-order valence-electron chi connectivity index (χ1n) is 9.92. The van der Waals surface area contributed by atoms with E-state index in [0.717, 1.165) is 25.1 Å². The number of hydrogen-bond donors (Lipinski definition) is 1. The molecule has 26 heavy (non-hydrogen) atoms. The fraction of sp³-hybridized carbons (Fsp3) is 0.591. The van der Waals surface area contributed by atoms with Crippen LogP contribution in [0.2, 0.25) is 0 Å². The molecule has 0 bridgehead atoms. The number of hydrogen-bond acceptors (Lipinski definition) is 2. The lowest BCUT2D eigenvalue weighted by molar-refractivity contribution is 0.108. The lowest BCUT2D eigenvalue weighted by Gasteiger charge is -2.06. The minimum atomic E-state index is -0.410. The van der Waals surface area contributed by atoms with Crippen molar-refractivity contribution in [3.63, 3.8) is 0 Å². The molecule has 0 aromatic heterocycles. The number of anilines is 1. The average Bonchev–Trinajstić information content (AvgIpc) is 2.62. The topological polar surface area (TPSA) is 29.1 Å². The third kappa shape index (κ3) is 13.2. The van der Waals surface area contributed by atoms with Gasteiger partial charge in [0.25, 0.3) is 5.24 Å². The summed E-state index contributed by atoms with van der Waals surface area (Å²) in [6.07, 6.45) is 19.1. The SMILES string of the molecule is CCCCCCCCCC/C=C/CCCNc1cccc(C(=O)Cl)c1.Cl. The Morgan fingerprint density at radius 3 is 2.23 bits per heavy atom. The Balaban J connectivity index is 0.00000625. The molecule has 0 unspecified atom stereocenters. The van der Waals surface area contributed by atoms with Crippen LogP contribution in [0.5, 0.6) is 0 Å². The first-order chi connectivity index (χ1) is 12.2. The molecule has 1 N–H and O–H groups in total. The Bertz CT molecular complexity index is 503. The summed E-state index contributed by atoms with van der Waals surface area (Å²) < 4.78 is 0. The molecule has 148 valence electrons. The maximum atomic E-state index is 11.1. The minimum absolute atomic E-state index is 0. The van der Waals surface area contributed by atoms with Crippen molar-refractivity contribution in [1.29, 1.82) is 0 Å². The molecule has 1 aromatic rings. The number of allylic oxidation sites excluding steroid dienone is 2. The van der Waals surface area contributed by atoms with Gasteiger partial charge in [-0.3, -0.25) is 4.79 Å². The summed E-state index contributed by atoms with van der Waals surface area (Å²) in [6.45, 7) is 3.17. The van der Waals surface area contributed by atoms with Crippen molar-refractivity contribution < 1.29 is 4.79 Å². The number of benzene rings is 1. The van der Waals surface area contributed by atoms with Crippen LogP contribution in [-0.2, 0) is 0 Å². The lowest BCUT2D eigenvalue weighted by atomic mass is 10.1. The van der Waals surface area contributed by atoms with Gasteiger partial charge in [-0.1, -0.05) is 70.1 Å². The van der Waals surface area contributed by atoms with Crippen LogP contribution < -0.4 is 5.32 Å². The smallest absolute Gasteiger partial charge is 0.252 e. The number of nitrogens with one attached hydrogen (secondary N) is 1. The number of carbonyl (C=O) groups is 1. The molecule has 4 heteroatoms. The van der Waals surface area contributed by atoms with E-state index in [2.05, 4.69) is 24.4 Å². The molecule has 0 aliphatic rings. The molecular weight excluding hydrogens is 365 g/mol. The van der Waals surface area contributed by atoms with E-state index in [0.29, 0.717) is 5.56 Å². The van der Waals surface area contributed by atoms with Crippen LogP contribution in [0.15, 0.2) is 36.4 Å². The fourth-order valence-corrected chi connectivity index (χ4v) is 2.95. The predicted octanol–water partition coefficient (Wildman–Crippen LogP) is 7.77. The van der Waals surface area contributed by atoms with Gasteiger partial charge in [0, 0.05) is 17.8 Å². The fourth-order valence-electron chi connectivity index (χ4n) is 2.84. The molecule has 0 aliphatic carbocycles. The Labute approximate surface area is 171 Å². The second kappa shape index (κ2) is 17.4. The van der Waals surface area contributed by atoms with Crippen LogP contribution in [0.1, 0.15) is 87.9 Å². The summed E-state index contributed by atoms with van der Waals surface area (Å²) >= 11 is 5.49. The van der Waals surface area contributed by atoms with Gasteiger partial charge in [0.05, 0.1) is 0 Å². The Morgan fingerprint density at radius 1 is 0.962 bits per heavy atom. The Morgan fingerprint density at radius 2 is 1.58 bits per heavy atom. The monoisotopic (exact) mass is 399 g/mol. The van der Waals surface area contributed by atoms with Crippen LogP contribution >= 0.6 is 24.0 Å². The van der Waals surface area contributed by atoms with Crippen LogP contribution in [0, 0.1) is 0 Å². The molecule has 0 aliphatic heterocycles. The van der Waals surface area contributed by atoms with Crippen molar-refractivity contribution in [3.05, 3.63) is 42.0 Å². The molecular formula is C22H35Cl2NO. The van der Waals surface area contributed by atoms with Crippen molar-refractivity contribution >= 4 is 34.9 Å². The van der Waals surface area contributed by atoms with Gasteiger partial charge < -0.3 is 5.32 Å². The largest absolute Gasteiger partial charge is 0.385 e. The van der Waals surface area contributed by atoms with Gasteiger partial charge in [-0.2, -0.15) is 0 Å². The van der Waals surface area contributed by atoms with Crippen molar-refractivity contribution in [2.45, 2.75) is 77.6 Å². The second-order valence-electron chi connectivity index (χ2n) is 6.66. The summed E-state index contributed by atoms with van der Waals surface area (Å²) in [6, 6.07) is 7.34. The molecule has 2 nitrogen and oxygen atoms in total. The zero-order valence-corrected chi connectivity index (χ0v) is 17.7. The molecule has 0 heterocycles. The van der Waals surface area contributed by atoms with Gasteiger partial charge in [0.2, 0.25) is 0 Å². The predicted molar refractivity (Wildman–Crippen MR) is 118 cm³/mol. The Kier molecular flexibility index (Phi) is 16.8.